The van der Waals surface area contributed by atoms with E-state index >= 15 is 0 Å². The molecule has 0 aliphatic heterocycles. The Hall–Kier alpha value is -3.64. The van der Waals surface area contributed by atoms with Crippen LogP contribution in [0.5, 0.6) is 0 Å². The van der Waals surface area contributed by atoms with Gasteiger partial charge in [-0.25, -0.2) is 0 Å². The van der Waals surface area contributed by atoms with E-state index in [9.17, 15) is 0 Å². The SMILES string of the molecule is CC1=C(C2=C(C)C=CCC2)CCC=C1.Cc1ccc2ccccc2c1-c1c(C)ccc2ccccc12. The molecule has 0 heteroatoms. The summed E-state index contributed by atoms with van der Waals surface area (Å²) in [7, 11) is 0. The van der Waals surface area contributed by atoms with E-state index in [1.54, 1.807) is 11.1 Å². The Morgan fingerprint density at radius 3 is 1.31 bits per heavy atom. The van der Waals surface area contributed by atoms with Crippen LogP contribution in [0.15, 0.2) is 119 Å². The van der Waals surface area contributed by atoms with E-state index in [4.69, 9.17) is 0 Å². The number of hydrogen-bond donors (Lipinski definition) is 0. The van der Waals surface area contributed by atoms with Crippen LogP contribution in [0, 0.1) is 13.8 Å². The van der Waals surface area contributed by atoms with Gasteiger partial charge in [0.05, 0.1) is 0 Å². The van der Waals surface area contributed by atoms with Crippen LogP contribution in [-0.4, -0.2) is 0 Å². The summed E-state index contributed by atoms with van der Waals surface area (Å²) in [4.78, 5) is 0. The third-order valence-corrected chi connectivity index (χ3v) is 7.70. The van der Waals surface area contributed by atoms with Crippen LogP contribution in [0.4, 0.5) is 0 Å². The Balaban J connectivity index is 0.000000165. The van der Waals surface area contributed by atoms with Crippen LogP contribution in [0.2, 0.25) is 0 Å². The number of aryl methyl sites for hydroxylation is 2. The maximum absolute atomic E-state index is 2.29. The molecule has 0 N–H and O–H groups in total. The number of allylic oxidation sites excluding steroid dienone is 8. The highest BCUT2D eigenvalue weighted by atomic mass is 14.2. The van der Waals surface area contributed by atoms with Crippen LogP contribution >= 0.6 is 0 Å². The minimum Gasteiger partial charge on any atom is -0.0839 e. The lowest BCUT2D eigenvalue weighted by Crippen LogP contribution is -2.01. The van der Waals surface area contributed by atoms with Crippen molar-refractivity contribution >= 4 is 21.5 Å². The molecule has 0 fully saturated rings. The van der Waals surface area contributed by atoms with Crippen molar-refractivity contribution in [1.82, 2.24) is 0 Å². The minimum absolute atomic E-state index is 1.22. The maximum Gasteiger partial charge on any atom is -0.00672 e. The standard InChI is InChI=1S/C22H18.C14H18/c1-15-11-13-17-7-3-5-9-19(17)21(15)22-16(2)12-14-18-8-4-6-10-20(18)22;1-11-7-3-5-9-13(11)14-10-6-4-8-12(14)2/h3-14H,1-2H3;3-4,7-8H,5-6,9-10H2,1-2H3. The lowest BCUT2D eigenvalue weighted by atomic mass is 9.85. The van der Waals surface area contributed by atoms with Gasteiger partial charge in [-0.05, 0) is 119 Å². The molecule has 0 atom stereocenters. The molecule has 180 valence electrons. The maximum atomic E-state index is 2.29. The monoisotopic (exact) mass is 468 g/mol. The summed E-state index contributed by atoms with van der Waals surface area (Å²) in [5, 5.41) is 5.27. The smallest absolute Gasteiger partial charge is 0.00672 e. The number of hydrogen-bond acceptors (Lipinski definition) is 0. The van der Waals surface area contributed by atoms with Crippen molar-refractivity contribution in [1.29, 1.82) is 0 Å². The number of benzene rings is 4. The molecule has 0 aromatic heterocycles. The van der Waals surface area contributed by atoms with Gasteiger partial charge in [-0.15, -0.1) is 0 Å². The van der Waals surface area contributed by atoms with E-state index in [1.165, 1.54) is 80.6 Å². The lowest BCUT2D eigenvalue weighted by molar-refractivity contribution is 0.872. The number of rotatable bonds is 2. The first-order valence-corrected chi connectivity index (χ1v) is 13.2. The van der Waals surface area contributed by atoms with Crippen molar-refractivity contribution in [3.8, 4) is 11.1 Å². The Bertz CT molecular complexity index is 1430. The van der Waals surface area contributed by atoms with Gasteiger partial charge < -0.3 is 0 Å². The summed E-state index contributed by atoms with van der Waals surface area (Å²) in [6, 6.07) is 26.2. The normalized spacial score (nSPS) is 15.4. The van der Waals surface area contributed by atoms with E-state index in [2.05, 4.69) is 125 Å². The molecule has 0 radical (unpaired) electrons. The summed E-state index contributed by atoms with van der Waals surface area (Å²) >= 11 is 0. The fourth-order valence-electron chi connectivity index (χ4n) is 5.77. The van der Waals surface area contributed by atoms with E-state index in [0.717, 1.165) is 0 Å². The first kappa shape index (κ1) is 24.1. The molecule has 2 aliphatic rings. The Kier molecular flexibility index (Phi) is 7.05. The lowest BCUT2D eigenvalue weighted by Gasteiger charge is -2.20. The topological polar surface area (TPSA) is 0 Å². The Morgan fingerprint density at radius 1 is 0.472 bits per heavy atom. The predicted molar refractivity (Wildman–Crippen MR) is 159 cm³/mol. The molecule has 0 spiro atoms. The second kappa shape index (κ2) is 10.5. The van der Waals surface area contributed by atoms with Gasteiger partial charge >= 0.3 is 0 Å². The summed E-state index contributed by atoms with van der Waals surface area (Å²) in [5.74, 6) is 0. The van der Waals surface area contributed by atoms with Crippen molar-refractivity contribution < 1.29 is 0 Å². The summed E-state index contributed by atoms with van der Waals surface area (Å²) in [6.45, 7) is 8.90. The molecule has 0 heterocycles. The van der Waals surface area contributed by atoms with E-state index in [1.807, 2.05) is 0 Å². The van der Waals surface area contributed by atoms with Crippen molar-refractivity contribution in [2.24, 2.45) is 0 Å². The first-order valence-electron chi connectivity index (χ1n) is 13.2. The van der Waals surface area contributed by atoms with E-state index in [-0.39, 0.29) is 0 Å². The molecule has 36 heavy (non-hydrogen) atoms. The van der Waals surface area contributed by atoms with Gasteiger partial charge in [0.15, 0.2) is 0 Å². The van der Waals surface area contributed by atoms with Gasteiger partial charge in [0.25, 0.3) is 0 Å². The highest BCUT2D eigenvalue weighted by molar-refractivity contribution is 6.07. The first-order chi connectivity index (χ1) is 17.5. The third kappa shape index (κ3) is 4.73. The van der Waals surface area contributed by atoms with Gasteiger partial charge in [-0.1, -0.05) is 97.1 Å². The van der Waals surface area contributed by atoms with Crippen molar-refractivity contribution in [3.05, 3.63) is 131 Å². The second-order valence-corrected chi connectivity index (χ2v) is 10.2. The highest BCUT2D eigenvalue weighted by Gasteiger charge is 2.14. The van der Waals surface area contributed by atoms with Crippen LogP contribution in [0.25, 0.3) is 32.7 Å². The molecule has 0 amide bonds. The van der Waals surface area contributed by atoms with E-state index in [0.29, 0.717) is 0 Å². The van der Waals surface area contributed by atoms with Crippen molar-refractivity contribution in [2.45, 2.75) is 53.4 Å². The molecule has 0 nitrogen and oxygen atoms in total. The Morgan fingerprint density at radius 2 is 0.889 bits per heavy atom. The van der Waals surface area contributed by atoms with Crippen molar-refractivity contribution in [3.63, 3.8) is 0 Å². The van der Waals surface area contributed by atoms with Gasteiger partial charge in [0.1, 0.15) is 0 Å². The molecule has 0 unspecified atom stereocenters. The van der Waals surface area contributed by atoms with Gasteiger partial charge in [-0.3, -0.25) is 0 Å². The van der Waals surface area contributed by atoms with Gasteiger partial charge in [0, 0.05) is 0 Å². The molecule has 0 saturated heterocycles. The average Bonchev–Trinajstić information content (AvgIpc) is 2.90. The van der Waals surface area contributed by atoms with Gasteiger partial charge in [0.2, 0.25) is 0 Å². The zero-order valence-corrected chi connectivity index (χ0v) is 22.1. The van der Waals surface area contributed by atoms with Crippen LogP contribution in [-0.2, 0) is 0 Å². The van der Waals surface area contributed by atoms with Gasteiger partial charge in [-0.2, -0.15) is 0 Å². The second-order valence-electron chi connectivity index (χ2n) is 10.2. The molecule has 4 aromatic carbocycles. The summed E-state index contributed by atoms with van der Waals surface area (Å²) < 4.78 is 0. The fraction of sp³-hybridized carbons (Fsp3) is 0.222. The van der Waals surface area contributed by atoms with Crippen molar-refractivity contribution in [2.75, 3.05) is 0 Å². The Labute approximate surface area is 216 Å². The average molecular weight is 469 g/mol. The van der Waals surface area contributed by atoms with E-state index < -0.39 is 0 Å². The van der Waals surface area contributed by atoms with Crippen LogP contribution < -0.4 is 0 Å². The molecular weight excluding hydrogens is 432 g/mol. The minimum atomic E-state index is 1.22. The zero-order chi connectivity index (χ0) is 25.1. The molecule has 4 aromatic rings. The zero-order valence-electron chi connectivity index (χ0n) is 22.1. The van der Waals surface area contributed by atoms with Crippen LogP contribution in [0.3, 0.4) is 0 Å². The quantitative estimate of drug-likeness (QED) is 0.274. The largest absolute Gasteiger partial charge is 0.0839 e. The molecule has 0 saturated carbocycles. The molecule has 0 bridgehead atoms. The van der Waals surface area contributed by atoms with Crippen LogP contribution in [0.1, 0.15) is 50.7 Å². The molecule has 2 aliphatic carbocycles. The number of fused-ring (bicyclic) bond motifs is 2. The fourth-order valence-corrected chi connectivity index (χ4v) is 5.77. The molecule has 6 rings (SSSR count). The highest BCUT2D eigenvalue weighted by Crippen LogP contribution is 2.38. The predicted octanol–water partition coefficient (Wildman–Crippen LogP) is 10.6. The molecular formula is C36H36. The third-order valence-electron chi connectivity index (χ3n) is 7.70. The summed E-state index contributed by atoms with van der Waals surface area (Å²) in [6.07, 6.45) is 14.0. The summed E-state index contributed by atoms with van der Waals surface area (Å²) in [5.41, 5.74) is 11.6.